The summed E-state index contributed by atoms with van der Waals surface area (Å²) in [5, 5.41) is 10.3. The second-order valence-corrected chi connectivity index (χ2v) is 5.24. The van der Waals surface area contributed by atoms with Gasteiger partial charge < -0.3 is 20.2 Å². The maximum Gasteiger partial charge on any atom is 0.289 e. The van der Waals surface area contributed by atoms with E-state index in [4.69, 9.17) is 10.2 Å². The van der Waals surface area contributed by atoms with Gasteiger partial charge in [0.25, 0.3) is 5.91 Å². The molecule has 2 aromatic rings. The topological polar surface area (TPSA) is 79.7 Å². The number of rotatable bonds is 6. The largest absolute Gasteiger partial charge is 0.455 e. The smallest absolute Gasteiger partial charge is 0.289 e. The summed E-state index contributed by atoms with van der Waals surface area (Å²) in [7, 11) is 0. The minimum absolute atomic E-state index is 0.219. The molecule has 0 bridgehead atoms. The summed E-state index contributed by atoms with van der Waals surface area (Å²) in [4.78, 5) is 14.0. The first-order chi connectivity index (χ1) is 10.5. The summed E-state index contributed by atoms with van der Waals surface area (Å²) in [6.07, 6.45) is -0.728. The third-order valence-electron chi connectivity index (χ3n) is 3.60. The van der Waals surface area contributed by atoms with Crippen molar-refractivity contribution < 1.29 is 14.3 Å². The maximum atomic E-state index is 12.4. The summed E-state index contributed by atoms with van der Waals surface area (Å²) >= 11 is 0. The Morgan fingerprint density at radius 3 is 2.50 bits per heavy atom. The van der Waals surface area contributed by atoms with E-state index in [2.05, 4.69) is 0 Å². The van der Waals surface area contributed by atoms with Crippen molar-refractivity contribution in [1.82, 2.24) is 4.90 Å². The molecule has 0 aliphatic heterocycles. The first-order valence-electron chi connectivity index (χ1n) is 7.37. The molecule has 0 fully saturated rings. The number of aryl methyl sites for hydroxylation is 1. The normalized spacial score (nSPS) is 12.2. The number of carbonyl (C=O) groups is 1. The van der Waals surface area contributed by atoms with E-state index >= 15 is 0 Å². The van der Waals surface area contributed by atoms with E-state index in [0.29, 0.717) is 12.3 Å². The van der Waals surface area contributed by atoms with Crippen molar-refractivity contribution in [2.75, 3.05) is 13.1 Å². The quantitative estimate of drug-likeness (QED) is 0.857. The number of nitrogens with two attached hydrogens (primary N) is 1. The molecule has 1 unspecified atom stereocenters. The van der Waals surface area contributed by atoms with Gasteiger partial charge in [0.05, 0.1) is 19.2 Å². The molecule has 0 spiro atoms. The molecule has 5 nitrogen and oxygen atoms in total. The predicted molar refractivity (Wildman–Crippen MR) is 84.3 cm³/mol. The Labute approximate surface area is 130 Å². The number of carbonyl (C=O) groups excluding carboxylic acids is 1. The average Bonchev–Trinajstić information content (AvgIpc) is 3.01. The summed E-state index contributed by atoms with van der Waals surface area (Å²) in [5.74, 6) is 0.574. The Hall–Kier alpha value is -2.11. The van der Waals surface area contributed by atoms with Gasteiger partial charge in [-0.3, -0.25) is 4.79 Å². The Bertz CT molecular complexity index is 619. The third-order valence-corrected chi connectivity index (χ3v) is 3.60. The highest BCUT2D eigenvalue weighted by atomic mass is 16.4. The molecule has 1 atom stereocenters. The summed E-state index contributed by atoms with van der Waals surface area (Å²) < 4.78 is 5.38. The first kappa shape index (κ1) is 16.3. The summed E-state index contributed by atoms with van der Waals surface area (Å²) in [5.41, 5.74) is 7.40. The van der Waals surface area contributed by atoms with Gasteiger partial charge in [-0.15, -0.1) is 0 Å². The van der Waals surface area contributed by atoms with Crippen molar-refractivity contribution in [3.63, 3.8) is 0 Å². The first-order valence-corrected chi connectivity index (χ1v) is 7.37. The molecule has 22 heavy (non-hydrogen) atoms. The average molecular weight is 302 g/mol. The Morgan fingerprint density at radius 2 is 1.95 bits per heavy atom. The molecule has 0 aliphatic carbocycles. The lowest BCUT2D eigenvalue weighted by molar-refractivity contribution is 0.0604. The van der Waals surface area contributed by atoms with Crippen molar-refractivity contribution in [2.24, 2.45) is 5.73 Å². The number of aliphatic hydroxyl groups is 1. The molecular weight excluding hydrogens is 280 g/mol. The summed E-state index contributed by atoms with van der Waals surface area (Å²) in [6, 6.07) is 10.9. The molecule has 118 valence electrons. The fraction of sp³-hybridized carbons (Fsp3) is 0.353. The van der Waals surface area contributed by atoms with E-state index in [1.165, 1.54) is 0 Å². The van der Waals surface area contributed by atoms with Crippen LogP contribution >= 0.6 is 0 Å². The molecule has 0 saturated carbocycles. The SMILES string of the molecule is CCN(CC(O)c1ccc(C)cc1)C(=O)c1ccc(CN)o1. The standard InChI is InChI=1S/C17H22N2O3/c1-3-19(17(21)16-9-8-14(10-18)22-16)11-15(20)13-6-4-12(2)5-7-13/h4-9,15,20H,3,10-11,18H2,1-2H3. The van der Waals surface area contributed by atoms with Crippen LogP contribution in [0.4, 0.5) is 0 Å². The van der Waals surface area contributed by atoms with Crippen LogP contribution in [0.2, 0.25) is 0 Å². The van der Waals surface area contributed by atoms with Gasteiger partial charge >= 0.3 is 0 Å². The van der Waals surface area contributed by atoms with Gasteiger partial charge in [-0.2, -0.15) is 0 Å². The van der Waals surface area contributed by atoms with Crippen LogP contribution in [0, 0.1) is 6.92 Å². The second kappa shape index (κ2) is 7.24. The lowest BCUT2D eigenvalue weighted by Gasteiger charge is -2.23. The molecule has 1 aromatic carbocycles. The highest BCUT2D eigenvalue weighted by Gasteiger charge is 2.21. The van der Waals surface area contributed by atoms with Crippen LogP contribution in [0.25, 0.3) is 0 Å². The van der Waals surface area contributed by atoms with Gasteiger partial charge in [0, 0.05) is 6.54 Å². The Morgan fingerprint density at radius 1 is 1.27 bits per heavy atom. The zero-order valence-corrected chi connectivity index (χ0v) is 13.0. The summed E-state index contributed by atoms with van der Waals surface area (Å²) in [6.45, 7) is 4.82. The number of nitrogens with zero attached hydrogens (tertiary/aromatic N) is 1. The predicted octanol–water partition coefficient (Wildman–Crippen LogP) is 2.24. The van der Waals surface area contributed by atoms with Gasteiger partial charge in [-0.25, -0.2) is 0 Å². The van der Waals surface area contributed by atoms with Crippen LogP contribution in [-0.4, -0.2) is 29.0 Å². The molecule has 3 N–H and O–H groups in total. The van der Waals surface area contributed by atoms with E-state index < -0.39 is 6.10 Å². The van der Waals surface area contributed by atoms with E-state index in [-0.39, 0.29) is 24.8 Å². The van der Waals surface area contributed by atoms with Crippen molar-refractivity contribution in [1.29, 1.82) is 0 Å². The lowest BCUT2D eigenvalue weighted by Crippen LogP contribution is -2.34. The fourth-order valence-corrected chi connectivity index (χ4v) is 2.22. The number of hydrogen-bond donors (Lipinski definition) is 2. The lowest BCUT2D eigenvalue weighted by atomic mass is 10.1. The minimum atomic E-state index is -0.728. The van der Waals surface area contributed by atoms with Gasteiger partial charge in [-0.05, 0) is 31.5 Å². The number of likely N-dealkylation sites (N-methyl/N-ethyl adjacent to an activating group) is 1. The molecule has 1 aromatic heterocycles. The fourth-order valence-electron chi connectivity index (χ4n) is 2.22. The van der Waals surface area contributed by atoms with Crippen molar-refractivity contribution in [3.05, 3.63) is 59.0 Å². The van der Waals surface area contributed by atoms with Crippen molar-refractivity contribution >= 4 is 5.91 Å². The minimum Gasteiger partial charge on any atom is -0.455 e. The van der Waals surface area contributed by atoms with E-state index in [9.17, 15) is 9.90 Å². The molecular formula is C17H22N2O3. The van der Waals surface area contributed by atoms with Crippen LogP contribution in [0.1, 0.15) is 40.5 Å². The van der Waals surface area contributed by atoms with Crippen LogP contribution in [0.3, 0.4) is 0 Å². The van der Waals surface area contributed by atoms with Crippen LogP contribution in [-0.2, 0) is 6.54 Å². The molecule has 2 rings (SSSR count). The van der Waals surface area contributed by atoms with E-state index in [1.54, 1.807) is 17.0 Å². The van der Waals surface area contributed by atoms with Gasteiger partial charge in [0.1, 0.15) is 5.76 Å². The number of aliphatic hydroxyl groups excluding tert-OH is 1. The number of hydrogen-bond acceptors (Lipinski definition) is 4. The molecule has 1 amide bonds. The number of benzene rings is 1. The molecule has 1 heterocycles. The zero-order valence-electron chi connectivity index (χ0n) is 13.0. The van der Waals surface area contributed by atoms with E-state index in [1.807, 2.05) is 38.1 Å². The monoisotopic (exact) mass is 302 g/mol. The van der Waals surface area contributed by atoms with Crippen LogP contribution < -0.4 is 5.73 Å². The highest BCUT2D eigenvalue weighted by molar-refractivity contribution is 5.91. The number of amides is 1. The van der Waals surface area contributed by atoms with Crippen LogP contribution in [0.15, 0.2) is 40.8 Å². The van der Waals surface area contributed by atoms with Crippen molar-refractivity contribution in [2.45, 2.75) is 26.5 Å². The molecule has 5 heteroatoms. The molecule has 0 radical (unpaired) electrons. The zero-order chi connectivity index (χ0) is 16.1. The maximum absolute atomic E-state index is 12.4. The second-order valence-electron chi connectivity index (χ2n) is 5.24. The highest BCUT2D eigenvalue weighted by Crippen LogP contribution is 2.17. The molecule has 0 aliphatic rings. The number of furan rings is 1. The van der Waals surface area contributed by atoms with Gasteiger partial charge in [0.15, 0.2) is 5.76 Å². The van der Waals surface area contributed by atoms with Crippen molar-refractivity contribution in [3.8, 4) is 0 Å². The third kappa shape index (κ3) is 3.75. The molecule has 0 saturated heterocycles. The van der Waals surface area contributed by atoms with Gasteiger partial charge in [0.2, 0.25) is 0 Å². The van der Waals surface area contributed by atoms with Gasteiger partial charge in [-0.1, -0.05) is 29.8 Å². The Balaban J connectivity index is 2.07. The van der Waals surface area contributed by atoms with E-state index in [0.717, 1.165) is 11.1 Å². The van der Waals surface area contributed by atoms with Crippen LogP contribution in [0.5, 0.6) is 0 Å². The Kier molecular flexibility index (Phi) is 5.35.